The number of carbonyl (C=O) groups excluding carboxylic acids is 2. The van der Waals surface area contributed by atoms with Crippen molar-refractivity contribution in [1.82, 2.24) is 5.32 Å². The number of hydrogen-bond acceptors (Lipinski definition) is 3. The van der Waals surface area contributed by atoms with Gasteiger partial charge in [-0.1, -0.05) is 18.2 Å². The highest BCUT2D eigenvalue weighted by molar-refractivity contribution is 6.00. The molecule has 2 amide bonds. The van der Waals surface area contributed by atoms with Crippen molar-refractivity contribution in [3.05, 3.63) is 29.3 Å². The van der Waals surface area contributed by atoms with Gasteiger partial charge in [-0.3, -0.25) is 9.59 Å². The van der Waals surface area contributed by atoms with Crippen LogP contribution in [0.5, 0.6) is 0 Å². The molecule has 120 valence electrons. The minimum Gasteiger partial charge on any atom is -0.385 e. The first-order chi connectivity index (χ1) is 10.5. The molecule has 1 saturated carbocycles. The van der Waals surface area contributed by atoms with Crippen LogP contribution in [0, 0.1) is 25.7 Å². The first-order valence-electron chi connectivity index (χ1n) is 7.68. The lowest BCUT2D eigenvalue weighted by atomic mass is 10.1. The van der Waals surface area contributed by atoms with Crippen LogP contribution in [0.3, 0.4) is 0 Å². The van der Waals surface area contributed by atoms with Crippen molar-refractivity contribution in [3.63, 3.8) is 0 Å². The highest BCUT2D eigenvalue weighted by Crippen LogP contribution is 2.39. The first kappa shape index (κ1) is 16.5. The zero-order valence-electron chi connectivity index (χ0n) is 13.4. The van der Waals surface area contributed by atoms with Gasteiger partial charge in [-0.25, -0.2) is 0 Å². The second kappa shape index (κ2) is 7.40. The molecule has 0 spiro atoms. The lowest BCUT2D eigenvalue weighted by Gasteiger charge is -2.11. The average Bonchev–Trinajstić information content (AvgIpc) is 3.28. The second-order valence-electron chi connectivity index (χ2n) is 5.84. The van der Waals surface area contributed by atoms with Gasteiger partial charge < -0.3 is 15.4 Å². The molecule has 2 rings (SSSR count). The van der Waals surface area contributed by atoms with Gasteiger partial charge in [0.1, 0.15) is 0 Å². The van der Waals surface area contributed by atoms with Gasteiger partial charge in [-0.05, 0) is 37.8 Å². The molecule has 1 aromatic carbocycles. The van der Waals surface area contributed by atoms with Crippen molar-refractivity contribution in [3.8, 4) is 0 Å². The van der Waals surface area contributed by atoms with E-state index < -0.39 is 0 Å². The monoisotopic (exact) mass is 304 g/mol. The van der Waals surface area contributed by atoms with E-state index in [2.05, 4.69) is 10.6 Å². The van der Waals surface area contributed by atoms with Crippen molar-refractivity contribution in [2.24, 2.45) is 11.8 Å². The molecular formula is C17H24N2O3. The van der Waals surface area contributed by atoms with Crippen molar-refractivity contribution < 1.29 is 14.3 Å². The quantitative estimate of drug-likeness (QED) is 0.757. The van der Waals surface area contributed by atoms with Gasteiger partial charge in [-0.15, -0.1) is 0 Å². The summed E-state index contributed by atoms with van der Waals surface area (Å²) in [6.45, 7) is 5.15. The third-order valence-electron chi connectivity index (χ3n) is 4.02. The highest BCUT2D eigenvalue weighted by atomic mass is 16.5. The molecule has 1 aliphatic rings. The standard InChI is InChI=1S/C17H24N2O3/c1-11-6-4-7-12(2)15(11)19-17(21)14-10-13(14)16(20)18-8-5-9-22-3/h4,6-7,13-14H,5,8-10H2,1-3H3,(H,18,20)(H,19,21). The van der Waals surface area contributed by atoms with E-state index in [0.29, 0.717) is 19.6 Å². The molecule has 0 aliphatic heterocycles. The van der Waals surface area contributed by atoms with Crippen LogP contribution in [-0.4, -0.2) is 32.1 Å². The lowest BCUT2D eigenvalue weighted by Crippen LogP contribution is -2.28. The summed E-state index contributed by atoms with van der Waals surface area (Å²) in [6.07, 6.45) is 1.42. The summed E-state index contributed by atoms with van der Waals surface area (Å²) in [5, 5.41) is 5.81. The maximum Gasteiger partial charge on any atom is 0.228 e. The summed E-state index contributed by atoms with van der Waals surface area (Å²) in [5.74, 6) is -0.486. The van der Waals surface area contributed by atoms with E-state index in [4.69, 9.17) is 4.74 Å². The Hall–Kier alpha value is -1.88. The molecule has 2 unspecified atom stereocenters. The van der Waals surface area contributed by atoms with Crippen LogP contribution in [-0.2, 0) is 14.3 Å². The van der Waals surface area contributed by atoms with Gasteiger partial charge in [0.05, 0.1) is 11.8 Å². The third-order valence-corrected chi connectivity index (χ3v) is 4.02. The number of hydrogen-bond donors (Lipinski definition) is 2. The summed E-state index contributed by atoms with van der Waals surface area (Å²) >= 11 is 0. The molecular weight excluding hydrogens is 280 g/mol. The van der Waals surface area contributed by atoms with Crippen LogP contribution in [0.2, 0.25) is 0 Å². The number of carbonyl (C=O) groups is 2. The summed E-state index contributed by atoms with van der Waals surface area (Å²) in [6, 6.07) is 5.90. The summed E-state index contributed by atoms with van der Waals surface area (Å²) in [7, 11) is 1.64. The van der Waals surface area contributed by atoms with E-state index in [9.17, 15) is 9.59 Å². The first-order valence-corrected chi connectivity index (χ1v) is 7.68. The number of para-hydroxylation sites is 1. The summed E-state index contributed by atoms with van der Waals surface area (Å²) in [5.41, 5.74) is 2.93. The van der Waals surface area contributed by atoms with E-state index in [0.717, 1.165) is 23.2 Å². The average molecular weight is 304 g/mol. The topological polar surface area (TPSA) is 67.4 Å². The van der Waals surface area contributed by atoms with Crippen molar-refractivity contribution >= 4 is 17.5 Å². The van der Waals surface area contributed by atoms with Crippen molar-refractivity contribution in [2.75, 3.05) is 25.6 Å². The van der Waals surface area contributed by atoms with E-state index in [-0.39, 0.29) is 23.7 Å². The molecule has 1 aromatic rings. The van der Waals surface area contributed by atoms with Gasteiger partial charge >= 0.3 is 0 Å². The fraction of sp³-hybridized carbons (Fsp3) is 0.529. The van der Waals surface area contributed by atoms with Crippen LogP contribution in [0.25, 0.3) is 0 Å². The Bertz CT molecular complexity index is 537. The Morgan fingerprint density at radius 2 is 1.82 bits per heavy atom. The molecule has 0 heterocycles. The summed E-state index contributed by atoms with van der Waals surface area (Å²) in [4.78, 5) is 24.2. The Morgan fingerprint density at radius 3 is 2.45 bits per heavy atom. The van der Waals surface area contributed by atoms with Crippen LogP contribution in [0.1, 0.15) is 24.0 Å². The van der Waals surface area contributed by atoms with E-state index in [1.807, 2.05) is 32.0 Å². The Balaban J connectivity index is 1.82. The molecule has 1 fully saturated rings. The highest BCUT2D eigenvalue weighted by Gasteiger charge is 2.47. The molecule has 2 N–H and O–H groups in total. The number of aryl methyl sites for hydroxylation is 2. The molecule has 22 heavy (non-hydrogen) atoms. The molecule has 0 saturated heterocycles. The molecule has 5 nitrogen and oxygen atoms in total. The fourth-order valence-electron chi connectivity index (χ4n) is 2.56. The number of benzene rings is 1. The van der Waals surface area contributed by atoms with E-state index in [1.54, 1.807) is 7.11 Å². The third kappa shape index (κ3) is 4.07. The molecule has 1 aliphatic carbocycles. The molecule has 5 heteroatoms. The minimum absolute atomic E-state index is 0.0299. The van der Waals surface area contributed by atoms with Gasteiger partial charge in [0.25, 0.3) is 0 Å². The predicted octanol–water partition coefficient (Wildman–Crippen LogP) is 2.03. The number of nitrogens with one attached hydrogen (secondary N) is 2. The lowest BCUT2D eigenvalue weighted by molar-refractivity contribution is -0.125. The number of anilines is 1. The summed E-state index contributed by atoms with van der Waals surface area (Å²) < 4.78 is 4.93. The van der Waals surface area contributed by atoms with Crippen LogP contribution >= 0.6 is 0 Å². The largest absolute Gasteiger partial charge is 0.385 e. The molecule has 0 aromatic heterocycles. The zero-order valence-corrected chi connectivity index (χ0v) is 13.4. The SMILES string of the molecule is COCCCNC(=O)C1CC1C(=O)Nc1c(C)cccc1C. The van der Waals surface area contributed by atoms with Gasteiger partial charge in [-0.2, -0.15) is 0 Å². The Labute approximate surface area is 131 Å². The molecule has 2 atom stereocenters. The Morgan fingerprint density at radius 1 is 1.18 bits per heavy atom. The van der Waals surface area contributed by atoms with Crippen LogP contribution in [0.15, 0.2) is 18.2 Å². The van der Waals surface area contributed by atoms with Crippen molar-refractivity contribution in [2.45, 2.75) is 26.7 Å². The molecule has 0 radical (unpaired) electrons. The second-order valence-corrected chi connectivity index (χ2v) is 5.84. The number of ether oxygens (including phenoxy) is 1. The predicted molar refractivity (Wildman–Crippen MR) is 85.6 cm³/mol. The normalized spacial score (nSPS) is 19.6. The number of methoxy groups -OCH3 is 1. The van der Waals surface area contributed by atoms with Crippen molar-refractivity contribution in [1.29, 1.82) is 0 Å². The zero-order chi connectivity index (χ0) is 16.1. The number of amides is 2. The molecule has 0 bridgehead atoms. The van der Waals surface area contributed by atoms with E-state index in [1.165, 1.54) is 0 Å². The maximum absolute atomic E-state index is 12.3. The van der Waals surface area contributed by atoms with Gasteiger partial charge in [0.15, 0.2) is 0 Å². The Kier molecular flexibility index (Phi) is 5.55. The van der Waals surface area contributed by atoms with Crippen LogP contribution in [0.4, 0.5) is 5.69 Å². The number of rotatable bonds is 7. The minimum atomic E-state index is -0.207. The van der Waals surface area contributed by atoms with E-state index >= 15 is 0 Å². The van der Waals surface area contributed by atoms with Gasteiger partial charge in [0, 0.05) is 25.9 Å². The van der Waals surface area contributed by atoms with Crippen LogP contribution < -0.4 is 10.6 Å². The fourth-order valence-corrected chi connectivity index (χ4v) is 2.56. The smallest absolute Gasteiger partial charge is 0.228 e. The van der Waals surface area contributed by atoms with Gasteiger partial charge in [0.2, 0.25) is 11.8 Å². The maximum atomic E-state index is 12.3.